The van der Waals surface area contributed by atoms with Gasteiger partial charge in [0.25, 0.3) is 5.22 Å². The molecule has 148 valence electrons. The number of terminal acetylenes is 1. The molecule has 1 saturated heterocycles. The summed E-state index contributed by atoms with van der Waals surface area (Å²) >= 11 is 1.29. The molecule has 4 rings (SSSR count). The number of rotatable bonds is 6. The number of amides is 1. The van der Waals surface area contributed by atoms with E-state index in [0.29, 0.717) is 11.8 Å². The zero-order valence-electron chi connectivity index (χ0n) is 16.0. The maximum absolute atomic E-state index is 12.5. The number of carbonyl (C=O) groups excluding carboxylic acids is 1. The normalized spacial score (nSPS) is 14.7. The first-order chi connectivity index (χ1) is 14.2. The summed E-state index contributed by atoms with van der Waals surface area (Å²) in [5.74, 6) is 2.85. The molecule has 1 aliphatic heterocycles. The smallest absolute Gasteiger partial charge is 0.257 e. The lowest BCUT2D eigenvalue weighted by atomic mass is 10.2. The summed E-state index contributed by atoms with van der Waals surface area (Å²) in [6.07, 6.45) is 5.41. The molecule has 6 nitrogen and oxygen atoms in total. The Morgan fingerprint density at radius 2 is 1.90 bits per heavy atom. The molecule has 0 radical (unpaired) electrons. The molecule has 0 atom stereocenters. The van der Waals surface area contributed by atoms with Gasteiger partial charge in [0, 0.05) is 26.2 Å². The predicted octanol–water partition coefficient (Wildman–Crippen LogP) is 3.31. The molecular weight excluding hydrogens is 384 g/mol. The van der Waals surface area contributed by atoms with Crippen LogP contribution in [0.15, 0.2) is 58.2 Å². The largest absolute Gasteiger partial charge is 0.431 e. The highest BCUT2D eigenvalue weighted by molar-refractivity contribution is 7.99. The highest BCUT2D eigenvalue weighted by atomic mass is 32.2. The number of carbonyl (C=O) groups is 1. The second kappa shape index (κ2) is 9.03. The van der Waals surface area contributed by atoms with Crippen LogP contribution in [0.5, 0.6) is 0 Å². The van der Waals surface area contributed by atoms with Crippen molar-refractivity contribution in [2.24, 2.45) is 0 Å². The number of hydrogen-bond donors (Lipinski definition) is 1. The number of thioether (sulfide) groups is 1. The Morgan fingerprint density at radius 3 is 2.69 bits per heavy atom. The molecule has 2 aromatic carbocycles. The van der Waals surface area contributed by atoms with Crippen molar-refractivity contribution in [3.8, 4) is 12.3 Å². The summed E-state index contributed by atoms with van der Waals surface area (Å²) in [4.78, 5) is 21.5. The van der Waals surface area contributed by atoms with Gasteiger partial charge in [-0.15, -0.1) is 6.42 Å². The monoisotopic (exact) mass is 406 g/mol. The number of aromatic nitrogens is 1. The van der Waals surface area contributed by atoms with E-state index in [1.165, 1.54) is 11.8 Å². The van der Waals surface area contributed by atoms with Crippen molar-refractivity contribution in [1.82, 2.24) is 9.88 Å². The number of hydrogen-bond acceptors (Lipinski definition) is 6. The lowest BCUT2D eigenvalue weighted by Crippen LogP contribution is -2.46. The Hall–Kier alpha value is -2.95. The zero-order chi connectivity index (χ0) is 20.1. The minimum Gasteiger partial charge on any atom is -0.431 e. The average Bonchev–Trinajstić information content (AvgIpc) is 3.17. The number of para-hydroxylation sites is 4. The van der Waals surface area contributed by atoms with Gasteiger partial charge in [-0.05, 0) is 24.3 Å². The van der Waals surface area contributed by atoms with Gasteiger partial charge in [0.15, 0.2) is 5.58 Å². The number of nitrogens with one attached hydrogen (secondary N) is 1. The van der Waals surface area contributed by atoms with E-state index in [-0.39, 0.29) is 11.7 Å². The van der Waals surface area contributed by atoms with Gasteiger partial charge < -0.3 is 14.6 Å². The van der Waals surface area contributed by atoms with Gasteiger partial charge in [0.05, 0.1) is 23.7 Å². The van der Waals surface area contributed by atoms with Crippen LogP contribution in [0.3, 0.4) is 0 Å². The van der Waals surface area contributed by atoms with Crippen molar-refractivity contribution in [1.29, 1.82) is 0 Å². The molecule has 1 aromatic heterocycles. The Kier molecular flexibility index (Phi) is 6.03. The summed E-state index contributed by atoms with van der Waals surface area (Å²) in [6, 6.07) is 15.5. The summed E-state index contributed by atoms with van der Waals surface area (Å²) in [6.45, 7) is 4.28. The van der Waals surface area contributed by atoms with Gasteiger partial charge >= 0.3 is 0 Å². The molecule has 1 aliphatic rings. The molecule has 2 heterocycles. The molecule has 3 aromatic rings. The van der Waals surface area contributed by atoms with Crippen LogP contribution in [-0.2, 0) is 4.79 Å². The third-order valence-electron chi connectivity index (χ3n) is 4.81. The number of oxazole rings is 1. The molecule has 0 saturated carbocycles. The van der Waals surface area contributed by atoms with Crippen molar-refractivity contribution >= 4 is 40.1 Å². The molecule has 1 amide bonds. The van der Waals surface area contributed by atoms with Gasteiger partial charge in [-0.2, -0.15) is 0 Å². The molecule has 0 unspecified atom stereocenters. The fraction of sp³-hybridized carbons (Fsp3) is 0.273. The zero-order valence-corrected chi connectivity index (χ0v) is 16.8. The molecule has 0 bridgehead atoms. The summed E-state index contributed by atoms with van der Waals surface area (Å²) < 4.78 is 5.66. The van der Waals surface area contributed by atoms with Crippen molar-refractivity contribution in [2.45, 2.75) is 5.22 Å². The van der Waals surface area contributed by atoms with E-state index in [0.717, 1.165) is 48.7 Å². The maximum Gasteiger partial charge on any atom is 0.257 e. The lowest BCUT2D eigenvalue weighted by Gasteiger charge is -2.36. The molecule has 29 heavy (non-hydrogen) atoms. The summed E-state index contributed by atoms with van der Waals surface area (Å²) in [7, 11) is 0. The van der Waals surface area contributed by atoms with E-state index in [1.807, 2.05) is 48.5 Å². The first-order valence-electron chi connectivity index (χ1n) is 9.51. The average molecular weight is 407 g/mol. The van der Waals surface area contributed by atoms with Gasteiger partial charge in [0.2, 0.25) is 5.91 Å². The maximum atomic E-state index is 12.5. The molecular formula is C22H22N4O2S. The van der Waals surface area contributed by atoms with E-state index in [9.17, 15) is 4.79 Å². The molecule has 1 N–H and O–H groups in total. The Balaban J connectivity index is 1.36. The van der Waals surface area contributed by atoms with Crippen molar-refractivity contribution in [3.63, 3.8) is 0 Å². The van der Waals surface area contributed by atoms with Crippen molar-refractivity contribution in [3.05, 3.63) is 48.5 Å². The van der Waals surface area contributed by atoms with Crippen LogP contribution in [-0.4, -0.2) is 54.3 Å². The topological polar surface area (TPSA) is 61.6 Å². The Morgan fingerprint density at radius 1 is 1.14 bits per heavy atom. The minimum atomic E-state index is -0.0873. The van der Waals surface area contributed by atoms with Crippen LogP contribution < -0.4 is 10.2 Å². The van der Waals surface area contributed by atoms with E-state index >= 15 is 0 Å². The van der Waals surface area contributed by atoms with E-state index in [4.69, 9.17) is 10.8 Å². The standard InChI is InChI=1S/C22H22N4O2S/c1-2-11-25-12-14-26(15-13-25)19-9-5-3-7-17(19)23-21(27)16-29-22-24-18-8-4-6-10-20(18)28-22/h1,3-10H,11-16H2,(H,23,27). The molecule has 0 aliphatic carbocycles. The van der Waals surface area contributed by atoms with Crippen LogP contribution in [0.4, 0.5) is 11.4 Å². The molecule has 0 spiro atoms. The predicted molar refractivity (Wildman–Crippen MR) is 117 cm³/mol. The van der Waals surface area contributed by atoms with Gasteiger partial charge in [-0.1, -0.05) is 41.9 Å². The van der Waals surface area contributed by atoms with Crippen LogP contribution in [0.1, 0.15) is 0 Å². The lowest BCUT2D eigenvalue weighted by molar-refractivity contribution is -0.113. The number of benzene rings is 2. The minimum absolute atomic E-state index is 0.0873. The van der Waals surface area contributed by atoms with Crippen molar-refractivity contribution in [2.75, 3.05) is 48.7 Å². The highest BCUT2D eigenvalue weighted by Crippen LogP contribution is 2.28. The Bertz CT molecular complexity index is 1000. The van der Waals surface area contributed by atoms with Crippen LogP contribution in [0.25, 0.3) is 11.1 Å². The summed E-state index contributed by atoms with van der Waals surface area (Å²) in [5, 5.41) is 3.53. The number of fused-ring (bicyclic) bond motifs is 1. The SMILES string of the molecule is C#CCN1CCN(c2ccccc2NC(=O)CSc2nc3ccccc3o2)CC1. The Labute approximate surface area is 174 Å². The number of nitrogens with zero attached hydrogens (tertiary/aromatic N) is 3. The van der Waals surface area contributed by atoms with Crippen LogP contribution in [0, 0.1) is 12.3 Å². The second-order valence-corrected chi connectivity index (χ2v) is 7.70. The van der Waals surface area contributed by atoms with E-state index < -0.39 is 0 Å². The number of piperazine rings is 1. The van der Waals surface area contributed by atoms with Crippen LogP contribution in [0.2, 0.25) is 0 Å². The van der Waals surface area contributed by atoms with Gasteiger partial charge in [0.1, 0.15) is 5.52 Å². The van der Waals surface area contributed by atoms with Crippen LogP contribution >= 0.6 is 11.8 Å². The van der Waals surface area contributed by atoms with E-state index in [2.05, 4.69) is 26.0 Å². The quantitative estimate of drug-likeness (QED) is 0.501. The molecule has 1 fully saturated rings. The fourth-order valence-electron chi connectivity index (χ4n) is 3.36. The van der Waals surface area contributed by atoms with Crippen molar-refractivity contribution < 1.29 is 9.21 Å². The highest BCUT2D eigenvalue weighted by Gasteiger charge is 2.19. The third kappa shape index (κ3) is 4.73. The van der Waals surface area contributed by atoms with Gasteiger partial charge in [-0.3, -0.25) is 9.69 Å². The first-order valence-corrected chi connectivity index (χ1v) is 10.5. The molecule has 7 heteroatoms. The number of anilines is 2. The second-order valence-electron chi connectivity index (χ2n) is 6.77. The third-order valence-corrected chi connectivity index (χ3v) is 5.64. The van der Waals surface area contributed by atoms with E-state index in [1.54, 1.807) is 0 Å². The fourth-order valence-corrected chi connectivity index (χ4v) is 4.00. The first kappa shape index (κ1) is 19.4. The summed E-state index contributed by atoms with van der Waals surface area (Å²) in [5.41, 5.74) is 3.38. The van der Waals surface area contributed by atoms with Gasteiger partial charge in [-0.25, -0.2) is 4.98 Å².